The quantitative estimate of drug-likeness (QED) is 0.410. The Kier molecular flexibility index (Phi) is 4.99. The number of nitro groups is 1. The van der Waals surface area contributed by atoms with Crippen molar-refractivity contribution in [1.82, 2.24) is 4.98 Å². The van der Waals surface area contributed by atoms with Gasteiger partial charge in [0, 0.05) is 23.1 Å². The maximum absolute atomic E-state index is 13.3. The molecule has 1 amide bonds. The minimum atomic E-state index is -0.805. The number of benzene rings is 2. The number of nitro benzene ring substituents is 1. The summed E-state index contributed by atoms with van der Waals surface area (Å²) in [5.74, 6) is -1.98. The molecular formula is C19H14FN3O5. The normalized spacial score (nSPS) is 10.6. The predicted molar refractivity (Wildman–Crippen MR) is 97.2 cm³/mol. The highest BCUT2D eigenvalue weighted by Crippen LogP contribution is 2.23. The summed E-state index contributed by atoms with van der Waals surface area (Å²) in [7, 11) is 0. The lowest BCUT2D eigenvalue weighted by Crippen LogP contribution is -2.13. The second-order valence-corrected chi connectivity index (χ2v) is 6.00. The Morgan fingerprint density at radius 3 is 2.64 bits per heavy atom. The van der Waals surface area contributed by atoms with Crippen molar-refractivity contribution in [1.29, 1.82) is 0 Å². The largest absolute Gasteiger partial charge is 0.457 e. The van der Waals surface area contributed by atoms with Crippen LogP contribution in [0.15, 0.2) is 42.5 Å². The highest BCUT2D eigenvalue weighted by Gasteiger charge is 2.19. The number of hydrogen-bond acceptors (Lipinski definition) is 6. The van der Waals surface area contributed by atoms with E-state index in [1.54, 1.807) is 6.92 Å². The Bertz CT molecular complexity index is 1130. The number of ether oxygens (including phenoxy) is 1. The molecule has 1 aromatic heterocycles. The Morgan fingerprint density at radius 2 is 1.96 bits per heavy atom. The molecular weight excluding hydrogens is 369 g/mol. The fourth-order valence-corrected chi connectivity index (χ4v) is 2.67. The molecule has 2 N–H and O–H groups in total. The molecule has 9 heteroatoms. The van der Waals surface area contributed by atoms with E-state index in [-0.39, 0.29) is 29.0 Å². The second kappa shape index (κ2) is 7.39. The second-order valence-electron chi connectivity index (χ2n) is 6.00. The van der Waals surface area contributed by atoms with E-state index < -0.39 is 22.6 Å². The zero-order valence-corrected chi connectivity index (χ0v) is 14.6. The van der Waals surface area contributed by atoms with Crippen LogP contribution in [0.1, 0.15) is 32.0 Å². The van der Waals surface area contributed by atoms with Crippen molar-refractivity contribution >= 4 is 28.5 Å². The van der Waals surface area contributed by atoms with E-state index in [0.29, 0.717) is 16.6 Å². The van der Waals surface area contributed by atoms with Crippen molar-refractivity contribution in [3.8, 4) is 0 Å². The van der Waals surface area contributed by atoms with Crippen molar-refractivity contribution in [2.45, 2.75) is 13.5 Å². The summed E-state index contributed by atoms with van der Waals surface area (Å²) in [5, 5.41) is 11.8. The van der Waals surface area contributed by atoms with Crippen LogP contribution in [0.3, 0.4) is 0 Å². The molecule has 0 atom stereocenters. The van der Waals surface area contributed by atoms with Crippen molar-refractivity contribution in [2.24, 2.45) is 5.73 Å². The zero-order chi connectivity index (χ0) is 20.4. The van der Waals surface area contributed by atoms with Gasteiger partial charge >= 0.3 is 5.97 Å². The highest BCUT2D eigenvalue weighted by molar-refractivity contribution is 5.95. The first-order valence-corrected chi connectivity index (χ1v) is 8.07. The number of esters is 1. The molecule has 142 valence electrons. The lowest BCUT2D eigenvalue weighted by atomic mass is 10.1. The van der Waals surface area contributed by atoms with Gasteiger partial charge in [-0.05, 0) is 37.3 Å². The highest BCUT2D eigenvalue weighted by atomic mass is 19.1. The van der Waals surface area contributed by atoms with Gasteiger partial charge in [-0.25, -0.2) is 9.18 Å². The molecule has 3 rings (SSSR count). The van der Waals surface area contributed by atoms with Crippen LogP contribution < -0.4 is 5.73 Å². The summed E-state index contributed by atoms with van der Waals surface area (Å²) >= 11 is 0. The SMILES string of the molecule is Cc1nc2cc(F)ccc2cc1C(=O)OCc1ccc(C(N)=O)cc1[N+](=O)[O-]. The van der Waals surface area contributed by atoms with Crippen LogP contribution >= 0.6 is 0 Å². The molecule has 0 radical (unpaired) electrons. The predicted octanol–water partition coefficient (Wildman–Crippen LogP) is 3.05. The molecule has 8 nitrogen and oxygen atoms in total. The first kappa shape index (κ1) is 18.9. The number of aryl methyl sites for hydroxylation is 1. The van der Waals surface area contributed by atoms with Gasteiger partial charge in [-0.1, -0.05) is 0 Å². The van der Waals surface area contributed by atoms with Crippen LogP contribution in [0.25, 0.3) is 10.9 Å². The van der Waals surface area contributed by atoms with Crippen LogP contribution in [0.5, 0.6) is 0 Å². The summed E-state index contributed by atoms with van der Waals surface area (Å²) in [6, 6.07) is 9.16. The molecule has 3 aromatic rings. The topological polar surface area (TPSA) is 125 Å². The third-order valence-electron chi connectivity index (χ3n) is 4.12. The monoisotopic (exact) mass is 383 g/mol. The van der Waals surface area contributed by atoms with Gasteiger partial charge in [0.25, 0.3) is 5.69 Å². The molecule has 0 bridgehead atoms. The number of hydrogen-bond donors (Lipinski definition) is 1. The number of aromatic nitrogens is 1. The molecule has 0 spiro atoms. The first-order valence-electron chi connectivity index (χ1n) is 8.07. The summed E-state index contributed by atoms with van der Waals surface area (Å²) in [5.41, 5.74) is 5.72. The number of nitrogens with zero attached hydrogens (tertiary/aromatic N) is 2. The maximum Gasteiger partial charge on any atom is 0.340 e. The number of primary amides is 1. The van der Waals surface area contributed by atoms with Gasteiger partial charge in [0.1, 0.15) is 12.4 Å². The molecule has 0 aliphatic carbocycles. The summed E-state index contributed by atoms with van der Waals surface area (Å²) in [6.45, 7) is 1.19. The number of carbonyl (C=O) groups is 2. The average molecular weight is 383 g/mol. The maximum atomic E-state index is 13.3. The van der Waals surface area contributed by atoms with Crippen LogP contribution in [-0.4, -0.2) is 21.8 Å². The van der Waals surface area contributed by atoms with Gasteiger partial charge in [-0.3, -0.25) is 19.9 Å². The van der Waals surface area contributed by atoms with Gasteiger partial charge in [0.05, 0.1) is 27.3 Å². The van der Waals surface area contributed by atoms with Crippen molar-refractivity contribution in [2.75, 3.05) is 0 Å². The van der Waals surface area contributed by atoms with Crippen LogP contribution in [0, 0.1) is 22.9 Å². The van der Waals surface area contributed by atoms with Gasteiger partial charge in [-0.2, -0.15) is 0 Å². The first-order chi connectivity index (χ1) is 13.3. The molecule has 28 heavy (non-hydrogen) atoms. The Balaban J connectivity index is 1.85. The Hall–Kier alpha value is -3.88. The number of amides is 1. The number of carbonyl (C=O) groups excluding carboxylic acids is 2. The van der Waals surface area contributed by atoms with Crippen LogP contribution in [0.2, 0.25) is 0 Å². The number of pyridine rings is 1. The third-order valence-corrected chi connectivity index (χ3v) is 4.12. The van der Waals surface area contributed by atoms with E-state index >= 15 is 0 Å². The van der Waals surface area contributed by atoms with Gasteiger partial charge < -0.3 is 10.5 Å². The summed E-state index contributed by atoms with van der Waals surface area (Å²) in [4.78, 5) is 38.3. The van der Waals surface area contributed by atoms with Gasteiger partial charge in [0.2, 0.25) is 5.91 Å². The molecule has 2 aromatic carbocycles. The van der Waals surface area contributed by atoms with Crippen molar-refractivity contribution in [3.63, 3.8) is 0 Å². The van der Waals surface area contributed by atoms with E-state index in [2.05, 4.69) is 4.98 Å². The number of nitrogens with two attached hydrogens (primary N) is 1. The van der Waals surface area contributed by atoms with Gasteiger partial charge in [-0.15, -0.1) is 0 Å². The Labute approximate surface area is 157 Å². The minimum absolute atomic E-state index is 0.0245. The number of rotatable bonds is 5. The average Bonchev–Trinajstić information content (AvgIpc) is 2.65. The molecule has 0 saturated carbocycles. The fraction of sp³-hybridized carbons (Fsp3) is 0.105. The van der Waals surface area contributed by atoms with E-state index in [9.17, 15) is 24.1 Å². The molecule has 0 fully saturated rings. The standard InChI is InChI=1S/C19H14FN3O5/c1-10-15(6-11-4-5-14(20)8-16(11)22-10)19(25)28-9-13-3-2-12(18(21)24)7-17(13)23(26)27/h2-8H,9H2,1H3,(H2,21,24). The van der Waals surface area contributed by atoms with E-state index in [1.165, 1.54) is 36.4 Å². The summed E-state index contributed by atoms with van der Waals surface area (Å²) < 4.78 is 18.5. The van der Waals surface area contributed by atoms with E-state index in [4.69, 9.17) is 10.5 Å². The Morgan fingerprint density at radius 1 is 1.21 bits per heavy atom. The lowest BCUT2D eigenvalue weighted by Gasteiger charge is -2.09. The van der Waals surface area contributed by atoms with Crippen LogP contribution in [0.4, 0.5) is 10.1 Å². The smallest absolute Gasteiger partial charge is 0.340 e. The van der Waals surface area contributed by atoms with Crippen molar-refractivity contribution in [3.05, 3.63) is 80.8 Å². The lowest BCUT2D eigenvalue weighted by molar-refractivity contribution is -0.385. The summed E-state index contributed by atoms with van der Waals surface area (Å²) in [6.07, 6.45) is 0. The fourth-order valence-electron chi connectivity index (χ4n) is 2.67. The van der Waals surface area contributed by atoms with Gasteiger partial charge in [0.15, 0.2) is 0 Å². The van der Waals surface area contributed by atoms with Crippen molar-refractivity contribution < 1.29 is 23.6 Å². The number of halogens is 1. The number of fused-ring (bicyclic) bond motifs is 1. The molecule has 0 saturated heterocycles. The third kappa shape index (κ3) is 3.78. The minimum Gasteiger partial charge on any atom is -0.457 e. The molecule has 0 aliphatic rings. The molecule has 1 heterocycles. The van der Waals surface area contributed by atoms with E-state index in [0.717, 1.165) is 6.07 Å². The van der Waals surface area contributed by atoms with Crippen LogP contribution in [-0.2, 0) is 11.3 Å². The van der Waals surface area contributed by atoms with E-state index in [1.807, 2.05) is 0 Å². The molecule has 0 aliphatic heterocycles. The zero-order valence-electron chi connectivity index (χ0n) is 14.6. The molecule has 0 unspecified atom stereocenters.